The van der Waals surface area contributed by atoms with Crippen molar-refractivity contribution in [3.8, 4) is 5.75 Å². The van der Waals surface area contributed by atoms with Crippen LogP contribution in [0.3, 0.4) is 0 Å². The average Bonchev–Trinajstić information content (AvgIpc) is 3.45. The highest BCUT2D eigenvalue weighted by molar-refractivity contribution is 5.94. The molecule has 0 atom stereocenters. The Morgan fingerprint density at radius 2 is 1.88 bits per heavy atom. The van der Waals surface area contributed by atoms with Gasteiger partial charge in [-0.25, -0.2) is 4.98 Å². The number of carbonyl (C=O) groups is 1. The molecule has 32 heavy (non-hydrogen) atoms. The molecule has 3 aromatic heterocycles. The van der Waals surface area contributed by atoms with Crippen LogP contribution in [0.2, 0.25) is 0 Å². The van der Waals surface area contributed by atoms with Crippen molar-refractivity contribution < 1.29 is 14.1 Å². The molecule has 0 bridgehead atoms. The van der Waals surface area contributed by atoms with Crippen LogP contribution < -0.4 is 9.64 Å². The number of hydrogen-bond donors (Lipinski definition) is 0. The van der Waals surface area contributed by atoms with Gasteiger partial charge in [0.2, 0.25) is 11.7 Å². The van der Waals surface area contributed by atoms with Crippen LogP contribution >= 0.6 is 0 Å². The van der Waals surface area contributed by atoms with Gasteiger partial charge >= 0.3 is 0 Å². The molecule has 4 heterocycles. The van der Waals surface area contributed by atoms with Crippen LogP contribution in [0, 0.1) is 13.8 Å². The van der Waals surface area contributed by atoms with Gasteiger partial charge in [0.25, 0.3) is 11.7 Å². The predicted octanol–water partition coefficient (Wildman–Crippen LogP) is 1.67. The fourth-order valence-electron chi connectivity index (χ4n) is 3.70. The highest BCUT2D eigenvalue weighted by atomic mass is 16.5. The minimum atomic E-state index is 0.00167. The van der Waals surface area contributed by atoms with E-state index < -0.39 is 0 Å². The van der Waals surface area contributed by atoms with Crippen molar-refractivity contribution in [1.82, 2.24) is 34.6 Å². The van der Waals surface area contributed by atoms with Gasteiger partial charge in [0.05, 0.1) is 0 Å². The van der Waals surface area contributed by atoms with Crippen molar-refractivity contribution in [3.05, 3.63) is 59.6 Å². The fraction of sp³-hybridized carbons (Fsp3) is 0.333. The Morgan fingerprint density at radius 3 is 2.59 bits per heavy atom. The number of aryl methyl sites for hydroxylation is 2. The molecule has 11 heteroatoms. The number of carbonyl (C=O) groups excluding carboxylic acids is 1. The zero-order valence-corrected chi connectivity index (χ0v) is 17.8. The summed E-state index contributed by atoms with van der Waals surface area (Å²) in [4.78, 5) is 29.7. The van der Waals surface area contributed by atoms with E-state index in [0.29, 0.717) is 55.0 Å². The van der Waals surface area contributed by atoms with Gasteiger partial charge in [-0.3, -0.25) is 4.79 Å². The second kappa shape index (κ2) is 8.25. The van der Waals surface area contributed by atoms with Gasteiger partial charge in [-0.2, -0.15) is 19.6 Å². The number of ether oxygens (including phenoxy) is 1. The maximum atomic E-state index is 13.0. The van der Waals surface area contributed by atoms with Crippen molar-refractivity contribution in [2.24, 2.45) is 0 Å². The third-order valence-electron chi connectivity index (χ3n) is 5.29. The van der Waals surface area contributed by atoms with Gasteiger partial charge < -0.3 is 19.1 Å². The molecule has 1 saturated heterocycles. The molecule has 1 aliphatic rings. The predicted molar refractivity (Wildman–Crippen MR) is 113 cm³/mol. The minimum Gasteiger partial charge on any atom is -0.485 e. The van der Waals surface area contributed by atoms with Gasteiger partial charge in [0, 0.05) is 50.4 Å². The number of fused-ring (bicyclic) bond motifs is 1. The fourth-order valence-corrected chi connectivity index (χ4v) is 3.70. The number of nitrogens with zero attached hydrogens (tertiary/aromatic N) is 8. The lowest BCUT2D eigenvalue weighted by atomic mass is 10.1. The first-order chi connectivity index (χ1) is 15.6. The Balaban J connectivity index is 1.20. The van der Waals surface area contributed by atoms with Crippen molar-refractivity contribution in [1.29, 1.82) is 0 Å². The first kappa shape index (κ1) is 19.9. The van der Waals surface area contributed by atoms with Crippen LogP contribution in [-0.2, 0) is 6.61 Å². The summed E-state index contributed by atoms with van der Waals surface area (Å²) in [5, 5.41) is 8.07. The summed E-state index contributed by atoms with van der Waals surface area (Å²) < 4.78 is 12.3. The number of piperazine rings is 1. The van der Waals surface area contributed by atoms with Gasteiger partial charge in [0.1, 0.15) is 17.9 Å². The largest absolute Gasteiger partial charge is 0.485 e. The maximum absolute atomic E-state index is 13.0. The number of hydrogen-bond acceptors (Lipinski definition) is 9. The molecule has 5 rings (SSSR count). The topological polar surface area (TPSA) is 115 Å². The molecule has 0 N–H and O–H groups in total. The third-order valence-corrected chi connectivity index (χ3v) is 5.29. The zero-order valence-electron chi connectivity index (χ0n) is 17.8. The van der Waals surface area contributed by atoms with E-state index in [2.05, 4.69) is 30.1 Å². The van der Waals surface area contributed by atoms with Crippen LogP contribution in [0.1, 0.15) is 27.8 Å². The van der Waals surface area contributed by atoms with Crippen molar-refractivity contribution >= 4 is 17.5 Å². The quantitative estimate of drug-likeness (QED) is 0.462. The van der Waals surface area contributed by atoms with Crippen LogP contribution in [-0.4, -0.2) is 66.7 Å². The molecule has 0 radical (unpaired) electrons. The molecule has 11 nitrogen and oxygen atoms in total. The Kier molecular flexibility index (Phi) is 5.13. The maximum Gasteiger partial charge on any atom is 0.254 e. The SMILES string of the molecule is Cc1cc(N2CCN(C(=O)c3ccc(OCc4noc(C)n4)cc3)CC2)n2ncnc2n1. The first-order valence-electron chi connectivity index (χ1n) is 10.3. The highest BCUT2D eigenvalue weighted by Crippen LogP contribution is 2.20. The zero-order chi connectivity index (χ0) is 22.1. The van der Waals surface area contributed by atoms with E-state index in [1.807, 2.05) is 17.9 Å². The molecule has 0 saturated carbocycles. The van der Waals surface area contributed by atoms with Crippen molar-refractivity contribution in [2.75, 3.05) is 31.1 Å². The van der Waals surface area contributed by atoms with E-state index in [1.165, 1.54) is 6.33 Å². The second-order valence-electron chi connectivity index (χ2n) is 7.55. The molecule has 164 valence electrons. The van der Waals surface area contributed by atoms with Crippen LogP contribution in [0.25, 0.3) is 5.78 Å². The smallest absolute Gasteiger partial charge is 0.254 e. The Hall–Kier alpha value is -4.02. The van der Waals surface area contributed by atoms with Crippen molar-refractivity contribution in [2.45, 2.75) is 20.5 Å². The lowest BCUT2D eigenvalue weighted by molar-refractivity contribution is 0.0746. The summed E-state index contributed by atoms with van der Waals surface area (Å²) in [7, 11) is 0. The van der Waals surface area contributed by atoms with E-state index in [-0.39, 0.29) is 12.5 Å². The lowest BCUT2D eigenvalue weighted by Gasteiger charge is -2.36. The molecule has 1 aromatic carbocycles. The van der Waals surface area contributed by atoms with E-state index in [9.17, 15) is 4.79 Å². The molecule has 0 aliphatic carbocycles. The summed E-state index contributed by atoms with van der Waals surface area (Å²) in [5.41, 5.74) is 1.51. The monoisotopic (exact) mass is 434 g/mol. The molecular weight excluding hydrogens is 412 g/mol. The molecule has 1 amide bonds. The highest BCUT2D eigenvalue weighted by Gasteiger charge is 2.24. The summed E-state index contributed by atoms with van der Waals surface area (Å²) in [5.74, 6) is 3.13. The molecule has 0 spiro atoms. The van der Waals surface area contributed by atoms with Crippen LogP contribution in [0.15, 0.2) is 41.2 Å². The third kappa shape index (κ3) is 3.96. The molecule has 1 fully saturated rings. The molecule has 0 unspecified atom stereocenters. The summed E-state index contributed by atoms with van der Waals surface area (Å²) in [6.45, 7) is 6.52. The average molecular weight is 434 g/mol. The van der Waals surface area contributed by atoms with Gasteiger partial charge in [0.15, 0.2) is 6.61 Å². The minimum absolute atomic E-state index is 0.00167. The Labute approximate surface area is 183 Å². The molecule has 4 aromatic rings. The van der Waals surface area contributed by atoms with Gasteiger partial charge in [-0.1, -0.05) is 5.16 Å². The lowest BCUT2D eigenvalue weighted by Crippen LogP contribution is -2.49. The number of anilines is 1. The van der Waals surface area contributed by atoms with Crippen LogP contribution in [0.4, 0.5) is 5.82 Å². The van der Waals surface area contributed by atoms with Crippen LogP contribution in [0.5, 0.6) is 5.75 Å². The second-order valence-corrected chi connectivity index (χ2v) is 7.55. The van der Waals surface area contributed by atoms with E-state index >= 15 is 0 Å². The standard InChI is InChI=1S/C21H22N8O3/c1-14-11-19(29-21(24-14)22-13-23-29)27-7-9-28(10-8-27)20(30)16-3-5-17(6-4-16)31-12-18-25-15(2)32-26-18/h3-6,11,13H,7-10,12H2,1-2H3. The molecular formula is C21H22N8O3. The van der Waals surface area contributed by atoms with Crippen molar-refractivity contribution in [3.63, 3.8) is 0 Å². The van der Waals surface area contributed by atoms with E-state index in [4.69, 9.17) is 9.26 Å². The summed E-state index contributed by atoms with van der Waals surface area (Å²) in [6, 6.07) is 9.09. The van der Waals surface area contributed by atoms with E-state index in [1.54, 1.807) is 35.7 Å². The first-order valence-corrected chi connectivity index (χ1v) is 10.3. The number of amides is 1. The Morgan fingerprint density at radius 1 is 1.09 bits per heavy atom. The number of aromatic nitrogens is 6. The van der Waals surface area contributed by atoms with Gasteiger partial charge in [-0.05, 0) is 31.2 Å². The number of rotatable bonds is 5. The summed E-state index contributed by atoms with van der Waals surface area (Å²) in [6.07, 6.45) is 1.50. The summed E-state index contributed by atoms with van der Waals surface area (Å²) >= 11 is 0. The Bertz CT molecular complexity index is 1240. The number of benzene rings is 1. The van der Waals surface area contributed by atoms with Gasteiger partial charge in [-0.15, -0.1) is 0 Å². The normalized spacial score (nSPS) is 14.2. The molecule has 1 aliphatic heterocycles. The van der Waals surface area contributed by atoms with E-state index in [0.717, 1.165) is 11.5 Å².